The molecule has 1 fully saturated rings. The fourth-order valence-corrected chi connectivity index (χ4v) is 4.53. The number of nitrogens with one attached hydrogen (secondary N) is 1. The third kappa shape index (κ3) is 4.13. The minimum Gasteiger partial charge on any atom is -0.467 e. The second-order valence-corrected chi connectivity index (χ2v) is 8.29. The number of aliphatic imine (C=N–C) groups is 1. The summed E-state index contributed by atoms with van der Waals surface area (Å²) in [6, 6.07) is 3.34. The van der Waals surface area contributed by atoms with Gasteiger partial charge >= 0.3 is 11.9 Å². The molecule has 2 aromatic rings. The van der Waals surface area contributed by atoms with Gasteiger partial charge in [-0.15, -0.1) is 11.3 Å². The second kappa shape index (κ2) is 9.35. The highest BCUT2D eigenvalue weighted by Gasteiger charge is 2.41. The molecule has 0 radical (unpaired) electrons. The first-order valence-corrected chi connectivity index (χ1v) is 10.9. The summed E-state index contributed by atoms with van der Waals surface area (Å²) < 4.78 is 30.0. The van der Waals surface area contributed by atoms with Crippen LogP contribution < -0.4 is 5.32 Å². The summed E-state index contributed by atoms with van der Waals surface area (Å²) >= 11 is 7.60. The maximum atomic E-state index is 14.3. The minimum absolute atomic E-state index is 0.121. The number of carbonyl (C=O) groups is 2. The van der Waals surface area contributed by atoms with E-state index in [4.69, 9.17) is 25.8 Å². The average molecular weight is 480 g/mol. The molecular weight excluding hydrogens is 461 g/mol. The topological polar surface area (TPSA) is 99.1 Å². The van der Waals surface area contributed by atoms with E-state index >= 15 is 0 Å². The first-order valence-electron chi connectivity index (χ1n) is 9.68. The monoisotopic (exact) mass is 479 g/mol. The van der Waals surface area contributed by atoms with Crippen LogP contribution in [0.5, 0.6) is 0 Å². The van der Waals surface area contributed by atoms with Crippen molar-refractivity contribution in [3.05, 3.63) is 62.5 Å². The second-order valence-electron chi connectivity index (χ2n) is 7.02. The zero-order chi connectivity index (χ0) is 22.8. The van der Waals surface area contributed by atoms with Crippen LogP contribution in [0.25, 0.3) is 0 Å². The summed E-state index contributed by atoms with van der Waals surface area (Å²) in [5.41, 5.74) is 0.784. The number of esters is 2. The maximum Gasteiger partial charge on any atom is 0.338 e. The number of nitrogens with zero attached hydrogens (tertiary/aromatic N) is 2. The van der Waals surface area contributed by atoms with Crippen LogP contribution in [0.15, 0.2) is 46.0 Å². The molecular formula is C21H19ClFN3O5S. The molecule has 0 spiro atoms. The zero-order valence-corrected chi connectivity index (χ0v) is 18.7. The van der Waals surface area contributed by atoms with Crippen molar-refractivity contribution in [2.75, 3.05) is 14.2 Å². The highest BCUT2D eigenvalue weighted by molar-refractivity contribution is 7.11. The Morgan fingerprint density at radius 1 is 1.28 bits per heavy atom. The van der Waals surface area contributed by atoms with Gasteiger partial charge in [-0.2, -0.15) is 0 Å². The highest BCUT2D eigenvalue weighted by Crippen LogP contribution is 2.40. The smallest absolute Gasteiger partial charge is 0.338 e. The molecule has 0 aliphatic carbocycles. The van der Waals surface area contributed by atoms with Gasteiger partial charge in [-0.1, -0.05) is 23.7 Å². The Kier molecular flexibility index (Phi) is 6.54. The number of methoxy groups -OCH3 is 2. The SMILES string of the molecule is COC(=O)C1=C([C@H]2CC[C@@H](C(=O)OC)O2)NC(c2nccs2)=NC1c1cccc(F)c1Cl. The summed E-state index contributed by atoms with van der Waals surface area (Å²) in [6.07, 6.45) is 1.06. The Balaban J connectivity index is 1.85. The van der Waals surface area contributed by atoms with Crippen molar-refractivity contribution in [2.45, 2.75) is 31.1 Å². The number of benzene rings is 1. The average Bonchev–Trinajstić information content (AvgIpc) is 3.51. The fraction of sp³-hybridized carbons (Fsp3) is 0.333. The van der Waals surface area contributed by atoms with E-state index in [2.05, 4.69) is 15.3 Å². The molecule has 1 aromatic heterocycles. The standard InChI is InChI=1S/C21H19ClFN3O5S/c1-29-20(27)13-7-6-12(31-13)17-14(21(28)30-2)16(10-4-3-5-11(23)15(10)22)25-18(26-17)19-24-8-9-32-19/h3-5,8-9,12-13,16H,6-7H2,1-2H3,(H,25,26)/t12-,13+,16?/m1/s1. The number of aromatic nitrogens is 1. The van der Waals surface area contributed by atoms with E-state index in [1.165, 1.54) is 37.7 Å². The lowest BCUT2D eigenvalue weighted by Gasteiger charge is -2.29. The molecule has 4 rings (SSSR count). The van der Waals surface area contributed by atoms with Gasteiger partial charge in [-0.25, -0.2) is 19.0 Å². The molecule has 3 atom stereocenters. The number of ether oxygens (including phenoxy) is 3. The van der Waals surface area contributed by atoms with E-state index in [9.17, 15) is 14.0 Å². The lowest BCUT2D eigenvalue weighted by Crippen LogP contribution is -2.39. The van der Waals surface area contributed by atoms with Gasteiger partial charge in [0.1, 0.15) is 11.9 Å². The van der Waals surface area contributed by atoms with Gasteiger partial charge in [0.15, 0.2) is 16.9 Å². The first-order chi connectivity index (χ1) is 15.4. The van der Waals surface area contributed by atoms with Crippen molar-refractivity contribution in [3.8, 4) is 0 Å². The van der Waals surface area contributed by atoms with Crippen molar-refractivity contribution < 1.29 is 28.2 Å². The molecule has 3 heterocycles. The number of hydrogen-bond acceptors (Lipinski definition) is 9. The third-order valence-electron chi connectivity index (χ3n) is 5.20. The summed E-state index contributed by atoms with van der Waals surface area (Å²) in [7, 11) is 2.52. The van der Waals surface area contributed by atoms with Gasteiger partial charge in [0.25, 0.3) is 0 Å². The third-order valence-corrected chi connectivity index (χ3v) is 6.38. The summed E-state index contributed by atoms with van der Waals surface area (Å²) in [5.74, 6) is -1.44. The summed E-state index contributed by atoms with van der Waals surface area (Å²) in [6.45, 7) is 0. The van der Waals surface area contributed by atoms with Crippen LogP contribution in [0.1, 0.15) is 29.5 Å². The lowest BCUT2D eigenvalue weighted by molar-refractivity contribution is -0.152. The molecule has 0 amide bonds. The van der Waals surface area contributed by atoms with Crippen LogP contribution in [-0.4, -0.2) is 49.2 Å². The van der Waals surface area contributed by atoms with Gasteiger partial charge in [-0.05, 0) is 18.9 Å². The van der Waals surface area contributed by atoms with Crippen LogP contribution >= 0.6 is 22.9 Å². The normalized spacial score (nSPS) is 22.9. The van der Waals surface area contributed by atoms with Gasteiger partial charge in [0.05, 0.1) is 36.6 Å². The van der Waals surface area contributed by atoms with Crippen molar-refractivity contribution in [3.63, 3.8) is 0 Å². The molecule has 0 bridgehead atoms. The van der Waals surface area contributed by atoms with E-state index in [1.54, 1.807) is 17.6 Å². The summed E-state index contributed by atoms with van der Waals surface area (Å²) in [5, 5.41) is 5.33. The molecule has 168 valence electrons. The van der Waals surface area contributed by atoms with Crippen molar-refractivity contribution >= 4 is 40.7 Å². The Labute approximate surface area is 192 Å². The molecule has 1 unspecified atom stereocenters. The fourth-order valence-electron chi connectivity index (χ4n) is 3.71. The molecule has 0 saturated carbocycles. The number of halogens is 2. The number of thiazole rings is 1. The van der Waals surface area contributed by atoms with E-state index in [-0.39, 0.29) is 10.6 Å². The van der Waals surface area contributed by atoms with Crippen LogP contribution in [0.4, 0.5) is 4.39 Å². The molecule has 2 aliphatic heterocycles. The first kappa shape index (κ1) is 22.4. The Morgan fingerprint density at radius 3 is 2.78 bits per heavy atom. The Morgan fingerprint density at radius 2 is 2.09 bits per heavy atom. The van der Waals surface area contributed by atoms with Gasteiger partial charge in [-0.3, -0.25) is 4.99 Å². The zero-order valence-electron chi connectivity index (χ0n) is 17.1. The Hall–Kier alpha value is -2.82. The van der Waals surface area contributed by atoms with Crippen molar-refractivity contribution in [1.82, 2.24) is 10.3 Å². The van der Waals surface area contributed by atoms with Crippen molar-refractivity contribution in [1.29, 1.82) is 0 Å². The molecule has 8 nitrogen and oxygen atoms in total. The maximum absolute atomic E-state index is 14.3. The molecule has 1 N–H and O–H groups in total. The predicted octanol–water partition coefficient (Wildman–Crippen LogP) is 3.17. The van der Waals surface area contributed by atoms with Gasteiger partial charge in [0.2, 0.25) is 0 Å². The number of carbonyl (C=O) groups excluding carboxylic acids is 2. The van der Waals surface area contributed by atoms with Gasteiger partial charge in [0, 0.05) is 17.1 Å². The van der Waals surface area contributed by atoms with E-state index in [0.717, 1.165) is 0 Å². The summed E-state index contributed by atoms with van der Waals surface area (Å²) in [4.78, 5) is 33.8. The van der Waals surface area contributed by atoms with Crippen LogP contribution in [0.2, 0.25) is 5.02 Å². The molecule has 1 saturated heterocycles. The minimum atomic E-state index is -0.971. The van der Waals surface area contributed by atoms with Crippen LogP contribution in [0.3, 0.4) is 0 Å². The van der Waals surface area contributed by atoms with Gasteiger partial charge < -0.3 is 19.5 Å². The largest absolute Gasteiger partial charge is 0.467 e. The van der Waals surface area contributed by atoms with Crippen LogP contribution in [0, 0.1) is 5.82 Å². The number of rotatable bonds is 5. The van der Waals surface area contributed by atoms with E-state index in [0.29, 0.717) is 34.9 Å². The number of hydrogen-bond donors (Lipinski definition) is 1. The van der Waals surface area contributed by atoms with Crippen molar-refractivity contribution in [2.24, 2.45) is 4.99 Å². The number of amidine groups is 1. The lowest BCUT2D eigenvalue weighted by atomic mass is 9.93. The highest BCUT2D eigenvalue weighted by atomic mass is 35.5. The van der Waals surface area contributed by atoms with E-state index < -0.39 is 36.0 Å². The van der Waals surface area contributed by atoms with E-state index in [1.807, 2.05) is 0 Å². The predicted molar refractivity (Wildman–Crippen MR) is 115 cm³/mol. The molecule has 2 aliphatic rings. The quantitative estimate of drug-likeness (QED) is 0.657. The molecule has 1 aromatic carbocycles. The van der Waals surface area contributed by atoms with Crippen LogP contribution in [-0.2, 0) is 23.8 Å². The molecule has 11 heteroatoms. The molecule has 32 heavy (non-hydrogen) atoms. The Bertz CT molecular complexity index is 1100.